The van der Waals surface area contributed by atoms with Crippen molar-refractivity contribution in [2.75, 3.05) is 5.32 Å². The van der Waals surface area contributed by atoms with Gasteiger partial charge in [0.15, 0.2) is 6.10 Å². The van der Waals surface area contributed by atoms with Crippen LogP contribution in [0.1, 0.15) is 18.1 Å². The fraction of sp³-hybridized carbons (Fsp3) is 0.300. The van der Waals surface area contributed by atoms with E-state index in [1.807, 2.05) is 38.1 Å². The van der Waals surface area contributed by atoms with Gasteiger partial charge in [-0.1, -0.05) is 12.1 Å². The van der Waals surface area contributed by atoms with Gasteiger partial charge in [0.05, 0.1) is 11.0 Å². The molecular formula is C20H23N3O3. The van der Waals surface area contributed by atoms with Gasteiger partial charge in [0.1, 0.15) is 5.75 Å². The number of hydrogen-bond acceptors (Lipinski definition) is 3. The van der Waals surface area contributed by atoms with Gasteiger partial charge in [0.2, 0.25) is 0 Å². The van der Waals surface area contributed by atoms with Gasteiger partial charge >= 0.3 is 5.69 Å². The molecule has 0 aliphatic rings. The summed E-state index contributed by atoms with van der Waals surface area (Å²) in [4.78, 5) is 24.5. The molecule has 0 bridgehead atoms. The van der Waals surface area contributed by atoms with Gasteiger partial charge in [-0.3, -0.25) is 13.9 Å². The summed E-state index contributed by atoms with van der Waals surface area (Å²) in [7, 11) is 3.44. The van der Waals surface area contributed by atoms with Crippen molar-refractivity contribution >= 4 is 22.6 Å². The van der Waals surface area contributed by atoms with Crippen molar-refractivity contribution in [3.63, 3.8) is 0 Å². The first kappa shape index (κ1) is 17.8. The van der Waals surface area contributed by atoms with Crippen LogP contribution in [0, 0.1) is 13.8 Å². The van der Waals surface area contributed by atoms with E-state index >= 15 is 0 Å². The first-order chi connectivity index (χ1) is 12.3. The third-order valence-electron chi connectivity index (χ3n) is 4.56. The first-order valence-electron chi connectivity index (χ1n) is 8.48. The van der Waals surface area contributed by atoms with Gasteiger partial charge in [0.25, 0.3) is 5.91 Å². The van der Waals surface area contributed by atoms with Crippen LogP contribution in [-0.2, 0) is 18.9 Å². The van der Waals surface area contributed by atoms with Gasteiger partial charge in [-0.15, -0.1) is 0 Å². The Kier molecular flexibility index (Phi) is 4.59. The summed E-state index contributed by atoms with van der Waals surface area (Å²) in [6.45, 7) is 5.65. The van der Waals surface area contributed by atoms with Crippen LogP contribution in [-0.4, -0.2) is 21.1 Å². The predicted octanol–water partition coefficient (Wildman–Crippen LogP) is 2.90. The third-order valence-corrected chi connectivity index (χ3v) is 4.56. The molecule has 0 radical (unpaired) electrons. The van der Waals surface area contributed by atoms with Gasteiger partial charge < -0.3 is 10.1 Å². The smallest absolute Gasteiger partial charge is 0.328 e. The first-order valence-corrected chi connectivity index (χ1v) is 8.48. The number of anilines is 1. The molecule has 0 aliphatic carbocycles. The lowest BCUT2D eigenvalue weighted by Crippen LogP contribution is -2.30. The molecule has 0 unspecified atom stereocenters. The summed E-state index contributed by atoms with van der Waals surface area (Å²) in [5.74, 6) is 0.458. The Hall–Kier alpha value is -3.02. The van der Waals surface area contributed by atoms with Crippen LogP contribution in [0.3, 0.4) is 0 Å². The summed E-state index contributed by atoms with van der Waals surface area (Å²) in [5.41, 5.74) is 4.16. The number of ether oxygens (including phenoxy) is 1. The van der Waals surface area contributed by atoms with Crippen LogP contribution >= 0.6 is 0 Å². The van der Waals surface area contributed by atoms with Crippen molar-refractivity contribution in [2.45, 2.75) is 26.9 Å². The van der Waals surface area contributed by atoms with E-state index < -0.39 is 6.10 Å². The Balaban J connectivity index is 1.79. The lowest BCUT2D eigenvalue weighted by molar-refractivity contribution is -0.122. The molecule has 0 saturated carbocycles. The minimum Gasteiger partial charge on any atom is -0.481 e. The Morgan fingerprint density at radius 3 is 2.46 bits per heavy atom. The summed E-state index contributed by atoms with van der Waals surface area (Å²) in [5, 5.41) is 2.86. The fourth-order valence-corrected chi connectivity index (χ4v) is 2.91. The number of nitrogens with zero attached hydrogens (tertiary/aromatic N) is 2. The fourth-order valence-electron chi connectivity index (χ4n) is 2.91. The molecule has 6 heteroatoms. The highest BCUT2D eigenvalue weighted by atomic mass is 16.5. The van der Waals surface area contributed by atoms with Crippen molar-refractivity contribution in [3.8, 4) is 5.75 Å². The molecule has 26 heavy (non-hydrogen) atoms. The number of hydrogen-bond donors (Lipinski definition) is 1. The molecule has 1 N–H and O–H groups in total. The van der Waals surface area contributed by atoms with Crippen LogP contribution in [0.15, 0.2) is 41.2 Å². The molecule has 1 atom stereocenters. The highest BCUT2D eigenvalue weighted by Gasteiger charge is 2.17. The molecule has 136 valence electrons. The van der Waals surface area contributed by atoms with E-state index in [1.54, 1.807) is 42.3 Å². The number of aromatic nitrogens is 2. The Morgan fingerprint density at radius 2 is 1.73 bits per heavy atom. The number of aryl methyl sites for hydroxylation is 4. The number of benzene rings is 2. The monoisotopic (exact) mass is 353 g/mol. The van der Waals surface area contributed by atoms with Crippen LogP contribution in [0.4, 0.5) is 5.69 Å². The van der Waals surface area contributed by atoms with Crippen LogP contribution in [0.25, 0.3) is 11.0 Å². The maximum atomic E-state index is 12.5. The van der Waals surface area contributed by atoms with E-state index in [9.17, 15) is 9.59 Å². The second-order valence-corrected chi connectivity index (χ2v) is 6.62. The Labute approximate surface area is 152 Å². The number of fused-ring (bicyclic) bond motifs is 1. The Bertz CT molecular complexity index is 1050. The number of rotatable bonds is 4. The van der Waals surface area contributed by atoms with E-state index in [1.165, 1.54) is 0 Å². The molecule has 3 rings (SSSR count). The minimum absolute atomic E-state index is 0.102. The second kappa shape index (κ2) is 6.71. The molecule has 0 spiro atoms. The predicted molar refractivity (Wildman–Crippen MR) is 103 cm³/mol. The lowest BCUT2D eigenvalue weighted by atomic mass is 10.1. The van der Waals surface area contributed by atoms with Gasteiger partial charge in [0, 0.05) is 19.8 Å². The summed E-state index contributed by atoms with van der Waals surface area (Å²) >= 11 is 0. The highest BCUT2D eigenvalue weighted by molar-refractivity contribution is 5.96. The standard InChI is InChI=1S/C20H23N3O3/c1-12-6-7-13(2)18(10-12)26-14(3)19(24)21-15-8-9-16-17(11-15)23(5)20(25)22(16)4/h6-11,14H,1-5H3,(H,21,24)/t14-/m1/s1. The van der Waals surface area contributed by atoms with Crippen molar-refractivity contribution in [3.05, 3.63) is 58.0 Å². The van der Waals surface area contributed by atoms with Crippen molar-refractivity contribution in [1.82, 2.24) is 9.13 Å². The van der Waals surface area contributed by atoms with E-state index in [4.69, 9.17) is 4.74 Å². The summed E-state index contributed by atoms with van der Waals surface area (Å²) < 4.78 is 8.96. The van der Waals surface area contributed by atoms with Crippen LogP contribution in [0.2, 0.25) is 0 Å². The number of imidazole rings is 1. The normalized spacial score (nSPS) is 12.2. The molecule has 6 nitrogen and oxygen atoms in total. The molecular weight excluding hydrogens is 330 g/mol. The summed E-state index contributed by atoms with van der Waals surface area (Å²) in [6.07, 6.45) is -0.647. The van der Waals surface area contributed by atoms with Gasteiger partial charge in [-0.05, 0) is 56.2 Å². The topological polar surface area (TPSA) is 65.3 Å². The molecule has 1 amide bonds. The quantitative estimate of drug-likeness (QED) is 0.784. The molecule has 1 heterocycles. The molecule has 0 fully saturated rings. The molecule has 0 aliphatic heterocycles. The lowest BCUT2D eigenvalue weighted by Gasteiger charge is -2.17. The van der Waals surface area contributed by atoms with E-state index in [0.717, 1.165) is 22.2 Å². The zero-order valence-electron chi connectivity index (χ0n) is 15.7. The zero-order chi connectivity index (χ0) is 19.0. The van der Waals surface area contributed by atoms with Crippen LogP contribution in [0.5, 0.6) is 5.75 Å². The molecule has 3 aromatic rings. The van der Waals surface area contributed by atoms with Gasteiger partial charge in [-0.2, -0.15) is 0 Å². The minimum atomic E-state index is -0.647. The van der Waals surface area contributed by atoms with Crippen LogP contribution < -0.4 is 15.7 Å². The van der Waals surface area contributed by atoms with Gasteiger partial charge in [-0.25, -0.2) is 4.79 Å². The Morgan fingerprint density at radius 1 is 1.04 bits per heavy atom. The number of carbonyl (C=O) groups is 1. The SMILES string of the molecule is Cc1ccc(C)c(O[C@H](C)C(=O)Nc2ccc3c(c2)n(C)c(=O)n3C)c1. The number of amides is 1. The van der Waals surface area contributed by atoms with Crippen molar-refractivity contribution in [1.29, 1.82) is 0 Å². The maximum Gasteiger partial charge on any atom is 0.328 e. The largest absolute Gasteiger partial charge is 0.481 e. The van der Waals surface area contributed by atoms with E-state index in [0.29, 0.717) is 11.4 Å². The number of nitrogens with one attached hydrogen (secondary N) is 1. The highest BCUT2D eigenvalue weighted by Crippen LogP contribution is 2.22. The van der Waals surface area contributed by atoms with E-state index in [-0.39, 0.29) is 11.6 Å². The van der Waals surface area contributed by atoms with E-state index in [2.05, 4.69) is 5.32 Å². The molecule has 2 aromatic carbocycles. The zero-order valence-corrected chi connectivity index (χ0v) is 15.7. The van der Waals surface area contributed by atoms with Crippen molar-refractivity contribution < 1.29 is 9.53 Å². The third kappa shape index (κ3) is 3.22. The number of carbonyl (C=O) groups excluding carboxylic acids is 1. The average molecular weight is 353 g/mol. The molecule has 1 aromatic heterocycles. The summed E-state index contributed by atoms with van der Waals surface area (Å²) in [6, 6.07) is 11.3. The van der Waals surface area contributed by atoms with Crippen molar-refractivity contribution in [2.24, 2.45) is 14.1 Å². The maximum absolute atomic E-state index is 12.5. The molecule has 0 saturated heterocycles. The second-order valence-electron chi connectivity index (χ2n) is 6.62. The average Bonchev–Trinajstić information content (AvgIpc) is 2.82.